The van der Waals surface area contributed by atoms with Crippen LogP contribution in [0, 0.1) is 0 Å². The summed E-state index contributed by atoms with van der Waals surface area (Å²) in [6.45, 7) is 0.487. The van der Waals surface area contributed by atoms with Crippen LogP contribution in [0.15, 0.2) is 79.0 Å². The molecule has 0 spiro atoms. The minimum atomic E-state index is -0.0755. The van der Waals surface area contributed by atoms with E-state index in [-0.39, 0.29) is 5.91 Å². The zero-order valence-electron chi connectivity index (χ0n) is 18.2. The topological polar surface area (TPSA) is 80.4 Å². The number of fused-ring (bicyclic) bond motifs is 1. The second kappa shape index (κ2) is 10.7. The van der Waals surface area contributed by atoms with Crippen molar-refractivity contribution < 1.29 is 9.21 Å². The van der Waals surface area contributed by atoms with E-state index in [1.54, 1.807) is 36.0 Å². The SMILES string of the molecule is O=C(NCc1ccccc1)c1c(N=Cc2cc(Br)c(Sc3ncccn3)o2)sc2c1CCCC2. The summed E-state index contributed by atoms with van der Waals surface area (Å²) < 4.78 is 6.74. The first-order chi connectivity index (χ1) is 16.7. The van der Waals surface area contributed by atoms with Crippen LogP contribution >= 0.6 is 39.0 Å². The number of furan rings is 1. The van der Waals surface area contributed by atoms with Crippen molar-refractivity contribution in [2.24, 2.45) is 4.99 Å². The number of aromatic nitrogens is 2. The second-order valence-corrected chi connectivity index (χ2v) is 10.6. The first kappa shape index (κ1) is 23.0. The number of halogens is 1. The molecule has 5 rings (SSSR count). The minimum Gasteiger partial charge on any atom is -0.447 e. The summed E-state index contributed by atoms with van der Waals surface area (Å²) in [5, 5.41) is 5.06. The van der Waals surface area contributed by atoms with Crippen LogP contribution in [-0.4, -0.2) is 22.1 Å². The summed E-state index contributed by atoms with van der Waals surface area (Å²) in [4.78, 5) is 27.6. The van der Waals surface area contributed by atoms with E-state index in [1.807, 2.05) is 36.4 Å². The molecule has 4 aromatic rings. The lowest BCUT2D eigenvalue weighted by Crippen LogP contribution is -2.24. The van der Waals surface area contributed by atoms with Gasteiger partial charge in [-0.2, -0.15) is 0 Å². The van der Waals surface area contributed by atoms with E-state index < -0.39 is 0 Å². The van der Waals surface area contributed by atoms with Gasteiger partial charge in [0.1, 0.15) is 10.8 Å². The Morgan fingerprint density at radius 3 is 2.79 bits per heavy atom. The molecule has 0 unspecified atom stereocenters. The lowest BCUT2D eigenvalue weighted by atomic mass is 9.95. The highest BCUT2D eigenvalue weighted by atomic mass is 79.9. The van der Waals surface area contributed by atoms with E-state index in [0.717, 1.165) is 46.3 Å². The van der Waals surface area contributed by atoms with Crippen LogP contribution in [0.1, 0.15) is 45.0 Å². The minimum absolute atomic E-state index is 0.0755. The highest BCUT2D eigenvalue weighted by molar-refractivity contribution is 9.10. The van der Waals surface area contributed by atoms with Gasteiger partial charge in [-0.25, -0.2) is 15.0 Å². The Labute approximate surface area is 214 Å². The van der Waals surface area contributed by atoms with Crippen molar-refractivity contribution in [2.45, 2.75) is 42.5 Å². The number of aliphatic imine (C=N–C) groups is 1. The van der Waals surface area contributed by atoms with Crippen LogP contribution in [0.4, 0.5) is 5.00 Å². The zero-order valence-corrected chi connectivity index (χ0v) is 21.4. The summed E-state index contributed by atoms with van der Waals surface area (Å²) in [5.74, 6) is 0.515. The molecule has 1 aliphatic carbocycles. The van der Waals surface area contributed by atoms with Crippen molar-refractivity contribution >= 4 is 56.2 Å². The van der Waals surface area contributed by atoms with Crippen molar-refractivity contribution in [2.75, 3.05) is 0 Å². The molecule has 1 aromatic carbocycles. The number of nitrogens with one attached hydrogen (secondary N) is 1. The van der Waals surface area contributed by atoms with Crippen molar-refractivity contribution in [1.82, 2.24) is 15.3 Å². The largest absolute Gasteiger partial charge is 0.447 e. The molecule has 6 nitrogen and oxygen atoms in total. The van der Waals surface area contributed by atoms with Crippen molar-refractivity contribution in [3.63, 3.8) is 0 Å². The lowest BCUT2D eigenvalue weighted by Gasteiger charge is -2.12. The highest BCUT2D eigenvalue weighted by Gasteiger charge is 2.25. The van der Waals surface area contributed by atoms with Crippen LogP contribution in [0.3, 0.4) is 0 Å². The lowest BCUT2D eigenvalue weighted by molar-refractivity contribution is 0.0951. The number of benzene rings is 1. The number of rotatable bonds is 7. The van der Waals surface area contributed by atoms with E-state index in [0.29, 0.717) is 28.1 Å². The smallest absolute Gasteiger partial charge is 0.254 e. The molecule has 0 bridgehead atoms. The quantitative estimate of drug-likeness (QED) is 0.206. The number of hydrogen-bond donors (Lipinski definition) is 1. The second-order valence-electron chi connectivity index (χ2n) is 7.74. The van der Waals surface area contributed by atoms with Crippen LogP contribution in [0.5, 0.6) is 0 Å². The molecule has 3 aromatic heterocycles. The normalized spacial score (nSPS) is 13.2. The summed E-state index contributed by atoms with van der Waals surface area (Å²) in [7, 11) is 0. The Kier molecular flexibility index (Phi) is 7.22. The van der Waals surface area contributed by atoms with Gasteiger partial charge in [-0.1, -0.05) is 30.3 Å². The van der Waals surface area contributed by atoms with Gasteiger partial charge in [-0.15, -0.1) is 11.3 Å². The van der Waals surface area contributed by atoms with Crippen LogP contribution in [0.2, 0.25) is 0 Å². The van der Waals surface area contributed by atoms with Gasteiger partial charge in [0.25, 0.3) is 5.91 Å². The van der Waals surface area contributed by atoms with E-state index in [2.05, 4.69) is 31.2 Å². The maximum Gasteiger partial charge on any atom is 0.254 e. The number of carbonyl (C=O) groups excluding carboxylic acids is 1. The van der Waals surface area contributed by atoms with Gasteiger partial charge < -0.3 is 9.73 Å². The summed E-state index contributed by atoms with van der Waals surface area (Å²) in [6, 6.07) is 13.6. The number of aryl methyl sites for hydroxylation is 1. The van der Waals surface area contributed by atoms with Gasteiger partial charge in [-0.3, -0.25) is 4.79 Å². The number of amides is 1. The molecule has 0 radical (unpaired) electrons. The Hall–Kier alpha value is -2.75. The van der Waals surface area contributed by atoms with Gasteiger partial charge in [-0.05, 0) is 70.6 Å². The Balaban J connectivity index is 1.38. The molecular formula is C25H21BrN4O2S2. The number of carbonyl (C=O) groups is 1. The number of nitrogens with zero attached hydrogens (tertiary/aromatic N) is 3. The predicted molar refractivity (Wildman–Crippen MR) is 138 cm³/mol. The molecule has 0 aliphatic heterocycles. The molecule has 0 fully saturated rings. The predicted octanol–water partition coefficient (Wildman–Crippen LogP) is 6.60. The van der Waals surface area contributed by atoms with Crippen LogP contribution in [-0.2, 0) is 19.4 Å². The average molecular weight is 554 g/mol. The third-order valence-electron chi connectivity index (χ3n) is 5.39. The molecule has 3 heterocycles. The van der Waals surface area contributed by atoms with Crippen molar-refractivity contribution in [1.29, 1.82) is 0 Å². The highest BCUT2D eigenvalue weighted by Crippen LogP contribution is 2.40. The molecule has 1 amide bonds. The van der Waals surface area contributed by atoms with Gasteiger partial charge in [0.15, 0.2) is 10.2 Å². The Bertz CT molecular complexity index is 1320. The van der Waals surface area contributed by atoms with Gasteiger partial charge >= 0.3 is 0 Å². The first-order valence-electron chi connectivity index (χ1n) is 10.9. The fourth-order valence-corrected chi connectivity index (χ4v) is 6.26. The molecule has 0 saturated carbocycles. The number of thiophene rings is 1. The summed E-state index contributed by atoms with van der Waals surface area (Å²) in [5.41, 5.74) is 2.91. The van der Waals surface area contributed by atoms with Crippen molar-refractivity contribution in [3.05, 3.63) is 86.7 Å². The fourth-order valence-electron chi connectivity index (χ4n) is 3.79. The fraction of sp³-hybridized carbons (Fsp3) is 0.200. The third kappa shape index (κ3) is 5.32. The molecule has 1 aliphatic rings. The standard InChI is InChI=1S/C25H21BrN4O2S2/c26-19-13-17(32-24(19)34-25-27-11-6-12-28-25)15-30-23-21(18-9-4-5-10-20(18)33-23)22(31)29-14-16-7-2-1-3-8-16/h1-3,6-8,11-13,15H,4-5,9-10,14H2,(H,29,31). The van der Waals surface area contributed by atoms with Crippen LogP contribution in [0.25, 0.3) is 0 Å². The van der Waals surface area contributed by atoms with Gasteiger partial charge in [0.2, 0.25) is 0 Å². The third-order valence-corrected chi connectivity index (χ3v) is 8.32. The summed E-state index contributed by atoms with van der Waals surface area (Å²) in [6.07, 6.45) is 9.22. The Morgan fingerprint density at radius 1 is 1.18 bits per heavy atom. The van der Waals surface area contributed by atoms with E-state index in [4.69, 9.17) is 9.41 Å². The van der Waals surface area contributed by atoms with Gasteiger partial charge in [0, 0.05) is 29.9 Å². The molecule has 0 saturated heterocycles. The van der Waals surface area contributed by atoms with Gasteiger partial charge in [0.05, 0.1) is 16.3 Å². The molecule has 34 heavy (non-hydrogen) atoms. The molecule has 0 atom stereocenters. The monoisotopic (exact) mass is 552 g/mol. The Morgan fingerprint density at radius 2 is 1.97 bits per heavy atom. The zero-order chi connectivity index (χ0) is 23.3. The summed E-state index contributed by atoms with van der Waals surface area (Å²) >= 11 is 6.47. The molecule has 9 heteroatoms. The van der Waals surface area contributed by atoms with E-state index in [9.17, 15) is 4.79 Å². The van der Waals surface area contributed by atoms with E-state index in [1.165, 1.54) is 16.6 Å². The first-order valence-corrected chi connectivity index (χ1v) is 13.3. The molecule has 1 N–H and O–H groups in total. The average Bonchev–Trinajstić information content (AvgIpc) is 3.42. The van der Waals surface area contributed by atoms with Crippen LogP contribution < -0.4 is 5.32 Å². The van der Waals surface area contributed by atoms with Crippen molar-refractivity contribution in [3.8, 4) is 0 Å². The molecular weight excluding hydrogens is 532 g/mol. The van der Waals surface area contributed by atoms with E-state index >= 15 is 0 Å². The number of hydrogen-bond acceptors (Lipinski definition) is 7. The molecule has 172 valence electrons. The maximum atomic E-state index is 13.2. The maximum absolute atomic E-state index is 13.2.